The van der Waals surface area contributed by atoms with Gasteiger partial charge in [0.2, 0.25) is 5.91 Å². The Kier molecular flexibility index (Phi) is 5.41. The number of nitrogens with one attached hydrogen (secondary N) is 1. The van der Waals surface area contributed by atoms with E-state index < -0.39 is 12.3 Å². The number of hydrogen-bond donors (Lipinski definition) is 2. The first-order valence-electron chi connectivity index (χ1n) is 5.36. The Hall–Kier alpha value is -1.10. The fraction of sp³-hybridized carbons (Fsp3) is 0.417. The molecule has 0 aliphatic carbocycles. The van der Waals surface area contributed by atoms with Crippen LogP contribution in [0.2, 0.25) is 5.02 Å². The highest BCUT2D eigenvalue weighted by molar-refractivity contribution is 6.30. The zero-order chi connectivity index (χ0) is 12.8. The van der Waals surface area contributed by atoms with Crippen LogP contribution in [0, 0.1) is 0 Å². The lowest BCUT2D eigenvalue weighted by molar-refractivity contribution is -0.128. The van der Waals surface area contributed by atoms with Crippen molar-refractivity contribution in [2.75, 3.05) is 6.61 Å². The molecule has 4 nitrogen and oxygen atoms in total. The molecule has 17 heavy (non-hydrogen) atoms. The standard InChI is InChI=1S/C12H16ClNO3/c1-3-17-12(14-8(2)15)11(16)9-4-6-10(13)7-5-9/h4-7,11-12,16H,3H2,1-2H3,(H,14,15)/t11-,12+/m0/s1. The average molecular weight is 258 g/mol. The maximum absolute atomic E-state index is 11.0. The summed E-state index contributed by atoms with van der Waals surface area (Å²) in [6.07, 6.45) is -1.67. The topological polar surface area (TPSA) is 58.6 Å². The molecule has 0 saturated carbocycles. The number of carbonyl (C=O) groups excluding carboxylic acids is 1. The average Bonchev–Trinajstić information content (AvgIpc) is 2.28. The zero-order valence-electron chi connectivity index (χ0n) is 9.81. The van der Waals surface area contributed by atoms with Crippen molar-refractivity contribution in [2.45, 2.75) is 26.2 Å². The summed E-state index contributed by atoms with van der Waals surface area (Å²) < 4.78 is 5.28. The van der Waals surface area contributed by atoms with Crippen molar-refractivity contribution in [1.82, 2.24) is 5.32 Å². The first-order chi connectivity index (χ1) is 8.04. The summed E-state index contributed by atoms with van der Waals surface area (Å²) in [4.78, 5) is 11.0. The van der Waals surface area contributed by atoms with Gasteiger partial charge >= 0.3 is 0 Å². The van der Waals surface area contributed by atoms with Gasteiger partial charge in [-0.15, -0.1) is 0 Å². The number of halogens is 1. The highest BCUT2D eigenvalue weighted by atomic mass is 35.5. The van der Waals surface area contributed by atoms with Crippen LogP contribution in [0.25, 0.3) is 0 Å². The molecule has 0 heterocycles. The van der Waals surface area contributed by atoms with Crippen LogP contribution in [0.1, 0.15) is 25.5 Å². The lowest BCUT2D eigenvalue weighted by Gasteiger charge is -2.23. The predicted molar refractivity (Wildman–Crippen MR) is 65.6 cm³/mol. The normalized spacial score (nSPS) is 14.1. The molecular formula is C12H16ClNO3. The number of carbonyl (C=O) groups is 1. The van der Waals surface area contributed by atoms with E-state index in [-0.39, 0.29) is 5.91 Å². The Bertz CT molecular complexity index is 367. The quantitative estimate of drug-likeness (QED) is 0.792. The molecule has 94 valence electrons. The number of rotatable bonds is 5. The van der Waals surface area contributed by atoms with Crippen molar-refractivity contribution in [2.24, 2.45) is 0 Å². The summed E-state index contributed by atoms with van der Waals surface area (Å²) in [5, 5.41) is 13.2. The van der Waals surface area contributed by atoms with Crippen molar-refractivity contribution in [3.05, 3.63) is 34.9 Å². The van der Waals surface area contributed by atoms with Gasteiger partial charge in [0.25, 0.3) is 0 Å². The fourth-order valence-corrected chi connectivity index (χ4v) is 1.55. The number of aliphatic hydroxyl groups excluding tert-OH is 1. The van der Waals surface area contributed by atoms with Gasteiger partial charge < -0.3 is 15.2 Å². The molecule has 0 aliphatic rings. The second-order valence-electron chi connectivity index (χ2n) is 3.57. The maximum Gasteiger partial charge on any atom is 0.218 e. The lowest BCUT2D eigenvalue weighted by Crippen LogP contribution is -2.40. The smallest absolute Gasteiger partial charge is 0.218 e. The Balaban J connectivity index is 2.79. The monoisotopic (exact) mass is 257 g/mol. The van der Waals surface area contributed by atoms with Crippen LogP contribution in [-0.2, 0) is 9.53 Å². The van der Waals surface area contributed by atoms with Gasteiger partial charge in [-0.1, -0.05) is 23.7 Å². The van der Waals surface area contributed by atoms with E-state index in [1.165, 1.54) is 6.92 Å². The molecule has 0 radical (unpaired) electrons. The number of amides is 1. The van der Waals surface area contributed by atoms with E-state index in [4.69, 9.17) is 16.3 Å². The SMILES string of the molecule is CCO[C@@H](NC(C)=O)[C@@H](O)c1ccc(Cl)cc1. The van der Waals surface area contributed by atoms with Gasteiger partial charge in [0.1, 0.15) is 6.10 Å². The molecule has 1 aromatic carbocycles. The fourth-order valence-electron chi connectivity index (χ4n) is 1.43. The van der Waals surface area contributed by atoms with Crippen molar-refractivity contribution in [3.63, 3.8) is 0 Å². The summed E-state index contributed by atoms with van der Waals surface area (Å²) in [6, 6.07) is 6.75. The minimum Gasteiger partial charge on any atom is -0.384 e. The van der Waals surface area contributed by atoms with E-state index in [1.54, 1.807) is 31.2 Å². The third kappa shape index (κ3) is 4.34. The van der Waals surface area contributed by atoms with Gasteiger partial charge in [-0.25, -0.2) is 0 Å². The van der Waals surface area contributed by atoms with Crippen LogP contribution in [0.4, 0.5) is 0 Å². The van der Waals surface area contributed by atoms with Crippen LogP contribution < -0.4 is 5.32 Å². The molecular weight excluding hydrogens is 242 g/mol. The number of benzene rings is 1. The third-order valence-electron chi connectivity index (χ3n) is 2.19. The van der Waals surface area contributed by atoms with Crippen molar-refractivity contribution in [3.8, 4) is 0 Å². The minimum atomic E-state index is -0.920. The largest absolute Gasteiger partial charge is 0.384 e. The second kappa shape index (κ2) is 6.59. The van der Waals surface area contributed by atoms with Gasteiger partial charge in [-0.3, -0.25) is 4.79 Å². The molecule has 0 unspecified atom stereocenters. The maximum atomic E-state index is 11.0. The van der Waals surface area contributed by atoms with Crippen molar-refractivity contribution < 1.29 is 14.6 Å². The Morgan fingerprint density at radius 3 is 2.53 bits per heavy atom. The highest BCUT2D eigenvalue weighted by Crippen LogP contribution is 2.20. The molecule has 2 N–H and O–H groups in total. The molecule has 1 amide bonds. The Morgan fingerprint density at radius 1 is 1.47 bits per heavy atom. The summed E-state index contributed by atoms with van der Waals surface area (Å²) in [5.74, 6) is -0.253. The van der Waals surface area contributed by atoms with E-state index in [2.05, 4.69) is 5.32 Å². The highest BCUT2D eigenvalue weighted by Gasteiger charge is 2.21. The summed E-state index contributed by atoms with van der Waals surface area (Å²) >= 11 is 5.76. The van der Waals surface area contributed by atoms with Crippen molar-refractivity contribution in [1.29, 1.82) is 0 Å². The van der Waals surface area contributed by atoms with E-state index in [1.807, 2.05) is 0 Å². The van der Waals surface area contributed by atoms with E-state index in [0.29, 0.717) is 17.2 Å². The van der Waals surface area contributed by atoms with E-state index >= 15 is 0 Å². The number of ether oxygens (including phenoxy) is 1. The van der Waals surface area contributed by atoms with Gasteiger partial charge in [0.05, 0.1) is 0 Å². The lowest BCUT2D eigenvalue weighted by atomic mass is 10.1. The molecule has 2 atom stereocenters. The molecule has 0 aliphatic heterocycles. The Labute approximate surface area is 106 Å². The first kappa shape index (κ1) is 14.0. The number of hydrogen-bond acceptors (Lipinski definition) is 3. The summed E-state index contributed by atoms with van der Waals surface area (Å²) in [6.45, 7) is 3.57. The van der Waals surface area contributed by atoms with Crippen molar-refractivity contribution >= 4 is 17.5 Å². The van der Waals surface area contributed by atoms with Crippen LogP contribution in [-0.4, -0.2) is 23.8 Å². The van der Waals surface area contributed by atoms with Crippen LogP contribution in [0.5, 0.6) is 0 Å². The molecule has 1 rings (SSSR count). The van der Waals surface area contributed by atoms with Crippen LogP contribution in [0.15, 0.2) is 24.3 Å². The van der Waals surface area contributed by atoms with Crippen LogP contribution in [0.3, 0.4) is 0 Å². The summed E-state index contributed by atoms with van der Waals surface area (Å²) in [5.41, 5.74) is 0.640. The third-order valence-corrected chi connectivity index (χ3v) is 2.44. The molecule has 0 saturated heterocycles. The first-order valence-corrected chi connectivity index (χ1v) is 5.74. The molecule has 0 bridgehead atoms. The zero-order valence-corrected chi connectivity index (χ0v) is 10.6. The minimum absolute atomic E-state index is 0.253. The van der Waals surface area contributed by atoms with Gasteiger partial charge in [0, 0.05) is 18.6 Å². The predicted octanol–water partition coefficient (Wildman–Crippen LogP) is 1.87. The molecule has 1 aromatic rings. The molecule has 0 spiro atoms. The Morgan fingerprint density at radius 2 is 2.06 bits per heavy atom. The molecule has 5 heteroatoms. The number of aliphatic hydroxyl groups is 1. The second-order valence-corrected chi connectivity index (χ2v) is 4.01. The summed E-state index contributed by atoms with van der Waals surface area (Å²) in [7, 11) is 0. The van der Waals surface area contributed by atoms with E-state index in [0.717, 1.165) is 0 Å². The molecule has 0 fully saturated rings. The van der Waals surface area contributed by atoms with Crippen LogP contribution >= 0.6 is 11.6 Å². The van der Waals surface area contributed by atoms with Gasteiger partial charge in [-0.2, -0.15) is 0 Å². The van der Waals surface area contributed by atoms with E-state index in [9.17, 15) is 9.90 Å². The van der Waals surface area contributed by atoms with Gasteiger partial charge in [-0.05, 0) is 24.6 Å². The molecule has 0 aromatic heterocycles. The van der Waals surface area contributed by atoms with Gasteiger partial charge in [0.15, 0.2) is 6.23 Å².